The van der Waals surface area contributed by atoms with E-state index in [2.05, 4.69) is 47.2 Å². The molecule has 0 amide bonds. The predicted octanol–water partition coefficient (Wildman–Crippen LogP) is 4.22. The van der Waals surface area contributed by atoms with Crippen LogP contribution in [-0.4, -0.2) is 18.1 Å². The van der Waals surface area contributed by atoms with Crippen molar-refractivity contribution in [1.82, 2.24) is 10.3 Å². The molecule has 1 aromatic carbocycles. The van der Waals surface area contributed by atoms with Crippen LogP contribution in [0, 0.1) is 0 Å². The lowest BCUT2D eigenvalue weighted by molar-refractivity contribution is 0.181. The maximum Gasteiger partial charge on any atom is 0.124 e. The summed E-state index contributed by atoms with van der Waals surface area (Å²) in [6, 6.07) is 8.69. The molecule has 0 saturated heterocycles. The molecule has 1 heterocycles. The predicted molar refractivity (Wildman–Crippen MR) is 87.9 cm³/mol. The van der Waals surface area contributed by atoms with Crippen LogP contribution in [0.5, 0.6) is 0 Å². The number of nitrogens with one attached hydrogen (secondary N) is 1. The molecule has 2 rings (SSSR count). The van der Waals surface area contributed by atoms with E-state index in [1.54, 1.807) is 18.4 Å². The minimum Gasteiger partial charge on any atom is -0.378 e. The number of nitrogens with zero attached hydrogens (tertiary/aromatic N) is 1. The third kappa shape index (κ3) is 4.12. The minimum atomic E-state index is 0.460. The molecular formula is C15H19BrN2OS. The number of halogens is 1. The first-order valence-electron chi connectivity index (χ1n) is 6.57. The molecule has 0 aliphatic rings. The molecule has 5 heteroatoms. The Morgan fingerprint density at radius 1 is 1.40 bits per heavy atom. The maximum atomic E-state index is 5.26. The molecule has 0 bridgehead atoms. The van der Waals surface area contributed by atoms with E-state index in [0.29, 0.717) is 12.6 Å². The minimum absolute atomic E-state index is 0.460. The van der Waals surface area contributed by atoms with E-state index in [-0.39, 0.29) is 0 Å². The van der Waals surface area contributed by atoms with Gasteiger partial charge in [0, 0.05) is 34.6 Å². The second kappa shape index (κ2) is 7.31. The van der Waals surface area contributed by atoms with E-state index in [1.165, 1.54) is 4.88 Å². The average molecular weight is 355 g/mol. The van der Waals surface area contributed by atoms with Gasteiger partial charge in [-0.3, -0.25) is 0 Å². The highest BCUT2D eigenvalue weighted by atomic mass is 79.9. The van der Waals surface area contributed by atoms with E-state index in [1.807, 2.05) is 12.1 Å². The smallest absolute Gasteiger partial charge is 0.124 e. The normalized spacial score (nSPS) is 11.2. The number of rotatable bonds is 6. The second-order valence-electron chi connectivity index (χ2n) is 4.87. The van der Waals surface area contributed by atoms with Crippen LogP contribution in [0.25, 0.3) is 10.6 Å². The van der Waals surface area contributed by atoms with Crippen LogP contribution in [0.4, 0.5) is 0 Å². The van der Waals surface area contributed by atoms with Crippen LogP contribution in [0.15, 0.2) is 28.7 Å². The number of aromatic nitrogens is 1. The molecule has 0 radical (unpaired) electrons. The fourth-order valence-corrected chi connectivity index (χ4v) is 3.22. The fraction of sp³-hybridized carbons (Fsp3) is 0.400. The topological polar surface area (TPSA) is 34.1 Å². The van der Waals surface area contributed by atoms with Crippen molar-refractivity contribution in [2.75, 3.05) is 7.11 Å². The summed E-state index contributed by atoms with van der Waals surface area (Å²) >= 11 is 5.23. The number of hydrogen-bond donors (Lipinski definition) is 1. The fourth-order valence-electron chi connectivity index (χ4n) is 1.81. The number of hydrogen-bond acceptors (Lipinski definition) is 4. The second-order valence-corrected chi connectivity index (χ2v) is 6.87. The Labute approximate surface area is 132 Å². The van der Waals surface area contributed by atoms with Crippen molar-refractivity contribution in [2.24, 2.45) is 0 Å². The van der Waals surface area contributed by atoms with Crippen molar-refractivity contribution in [3.8, 4) is 10.6 Å². The summed E-state index contributed by atoms with van der Waals surface area (Å²) in [5.41, 5.74) is 2.16. The Balaban J connectivity index is 2.28. The molecule has 0 fully saturated rings. The lowest BCUT2D eigenvalue weighted by atomic mass is 10.2. The van der Waals surface area contributed by atoms with Crippen molar-refractivity contribution in [3.05, 3.63) is 39.3 Å². The lowest BCUT2D eigenvalue weighted by Crippen LogP contribution is -2.21. The van der Waals surface area contributed by atoms with E-state index in [0.717, 1.165) is 27.3 Å². The number of benzene rings is 1. The van der Waals surface area contributed by atoms with Gasteiger partial charge in [0.25, 0.3) is 0 Å². The number of methoxy groups -OCH3 is 1. The quantitative estimate of drug-likeness (QED) is 0.843. The van der Waals surface area contributed by atoms with Crippen LogP contribution < -0.4 is 5.32 Å². The van der Waals surface area contributed by atoms with Gasteiger partial charge in [0.05, 0.1) is 12.3 Å². The molecule has 0 aliphatic carbocycles. The van der Waals surface area contributed by atoms with Gasteiger partial charge in [-0.05, 0) is 12.1 Å². The summed E-state index contributed by atoms with van der Waals surface area (Å²) in [7, 11) is 1.71. The SMILES string of the molecule is COCc1nc(-c2cccc(Br)c2)sc1CNC(C)C. The largest absolute Gasteiger partial charge is 0.378 e. The van der Waals surface area contributed by atoms with Crippen molar-refractivity contribution in [3.63, 3.8) is 0 Å². The summed E-state index contributed by atoms with van der Waals surface area (Å²) in [4.78, 5) is 5.97. The lowest BCUT2D eigenvalue weighted by Gasteiger charge is -2.07. The van der Waals surface area contributed by atoms with Crippen LogP contribution in [0.2, 0.25) is 0 Å². The molecule has 0 atom stereocenters. The van der Waals surface area contributed by atoms with Gasteiger partial charge in [-0.25, -0.2) is 4.98 Å². The zero-order chi connectivity index (χ0) is 14.5. The summed E-state index contributed by atoms with van der Waals surface area (Å²) in [6.07, 6.45) is 0. The average Bonchev–Trinajstić information content (AvgIpc) is 2.80. The number of thiazole rings is 1. The van der Waals surface area contributed by atoms with Crippen LogP contribution in [-0.2, 0) is 17.9 Å². The first-order valence-corrected chi connectivity index (χ1v) is 8.18. The van der Waals surface area contributed by atoms with E-state index < -0.39 is 0 Å². The summed E-state index contributed by atoms with van der Waals surface area (Å²) in [5, 5.41) is 4.48. The highest BCUT2D eigenvalue weighted by Gasteiger charge is 2.13. The summed E-state index contributed by atoms with van der Waals surface area (Å²) in [6.45, 7) is 5.68. The Kier molecular flexibility index (Phi) is 5.72. The van der Waals surface area contributed by atoms with Crippen molar-refractivity contribution < 1.29 is 4.74 Å². The zero-order valence-corrected chi connectivity index (χ0v) is 14.3. The van der Waals surface area contributed by atoms with E-state index in [4.69, 9.17) is 9.72 Å². The van der Waals surface area contributed by atoms with Gasteiger partial charge in [0.1, 0.15) is 5.01 Å². The molecule has 20 heavy (non-hydrogen) atoms. The van der Waals surface area contributed by atoms with Gasteiger partial charge in [0.2, 0.25) is 0 Å². The Morgan fingerprint density at radius 3 is 2.85 bits per heavy atom. The van der Waals surface area contributed by atoms with Crippen LogP contribution in [0.1, 0.15) is 24.4 Å². The standard InChI is InChI=1S/C15H19BrN2OS/c1-10(2)17-8-14-13(9-19-3)18-15(20-14)11-5-4-6-12(16)7-11/h4-7,10,17H,8-9H2,1-3H3. The van der Waals surface area contributed by atoms with Crippen LogP contribution >= 0.6 is 27.3 Å². The maximum absolute atomic E-state index is 5.26. The Bertz CT molecular complexity index is 569. The van der Waals surface area contributed by atoms with Crippen molar-refractivity contribution in [1.29, 1.82) is 0 Å². The molecule has 0 spiro atoms. The van der Waals surface area contributed by atoms with Gasteiger partial charge in [-0.1, -0.05) is 41.9 Å². The van der Waals surface area contributed by atoms with E-state index >= 15 is 0 Å². The molecular weight excluding hydrogens is 336 g/mol. The van der Waals surface area contributed by atoms with Gasteiger partial charge in [0.15, 0.2) is 0 Å². The molecule has 108 valence electrons. The van der Waals surface area contributed by atoms with Crippen molar-refractivity contribution >= 4 is 27.3 Å². The molecule has 0 saturated carbocycles. The first kappa shape index (κ1) is 15.6. The van der Waals surface area contributed by atoms with Gasteiger partial charge in [-0.2, -0.15) is 0 Å². The highest BCUT2D eigenvalue weighted by molar-refractivity contribution is 9.10. The Hall–Kier alpha value is -0.750. The first-order chi connectivity index (χ1) is 9.60. The van der Waals surface area contributed by atoms with E-state index in [9.17, 15) is 0 Å². The van der Waals surface area contributed by atoms with Gasteiger partial charge in [-0.15, -0.1) is 11.3 Å². The van der Waals surface area contributed by atoms with Crippen LogP contribution in [0.3, 0.4) is 0 Å². The molecule has 0 aliphatic heterocycles. The zero-order valence-electron chi connectivity index (χ0n) is 11.9. The molecule has 1 N–H and O–H groups in total. The molecule has 3 nitrogen and oxygen atoms in total. The molecule has 2 aromatic rings. The molecule has 1 aromatic heterocycles. The third-order valence-electron chi connectivity index (χ3n) is 2.80. The van der Waals surface area contributed by atoms with Gasteiger partial charge < -0.3 is 10.1 Å². The summed E-state index contributed by atoms with van der Waals surface area (Å²) in [5.74, 6) is 0. The highest BCUT2D eigenvalue weighted by Crippen LogP contribution is 2.30. The number of ether oxygens (including phenoxy) is 1. The summed E-state index contributed by atoms with van der Waals surface area (Å²) < 4.78 is 6.33. The van der Waals surface area contributed by atoms with Gasteiger partial charge >= 0.3 is 0 Å². The monoisotopic (exact) mass is 354 g/mol. The Morgan fingerprint density at radius 2 is 2.20 bits per heavy atom. The van der Waals surface area contributed by atoms with Crippen molar-refractivity contribution in [2.45, 2.75) is 33.0 Å². The third-order valence-corrected chi connectivity index (χ3v) is 4.44. The molecule has 0 unspecified atom stereocenters.